The molecule has 0 aliphatic carbocycles. The van der Waals surface area contributed by atoms with Crippen molar-refractivity contribution in [1.29, 1.82) is 0 Å². The number of aromatic nitrogens is 2. The predicted octanol–water partition coefficient (Wildman–Crippen LogP) is 4.48. The second kappa shape index (κ2) is 5.29. The lowest BCUT2D eigenvalue weighted by Crippen LogP contribution is -1.84. The van der Waals surface area contributed by atoms with Gasteiger partial charge >= 0.3 is 0 Å². The monoisotopic (exact) mass is 268 g/mol. The molecule has 94 valence electrons. The SMILES string of the molecule is ClCc1cc(-c2ccccc2)[nH]c1-c1cccnc1. The van der Waals surface area contributed by atoms with Gasteiger partial charge in [0.1, 0.15) is 0 Å². The molecule has 1 N–H and O–H groups in total. The van der Waals surface area contributed by atoms with E-state index in [0.29, 0.717) is 5.88 Å². The van der Waals surface area contributed by atoms with E-state index in [2.05, 4.69) is 28.2 Å². The summed E-state index contributed by atoms with van der Waals surface area (Å²) in [6, 6.07) is 16.3. The molecule has 2 heterocycles. The smallest absolute Gasteiger partial charge is 0.0519 e. The number of rotatable bonds is 3. The molecule has 0 radical (unpaired) electrons. The van der Waals surface area contributed by atoms with Crippen molar-refractivity contribution in [2.24, 2.45) is 0 Å². The zero-order chi connectivity index (χ0) is 13.1. The first-order chi connectivity index (χ1) is 9.38. The van der Waals surface area contributed by atoms with E-state index in [9.17, 15) is 0 Å². The molecule has 0 spiro atoms. The fraction of sp³-hybridized carbons (Fsp3) is 0.0625. The van der Waals surface area contributed by atoms with E-state index in [1.165, 1.54) is 0 Å². The van der Waals surface area contributed by atoms with Crippen molar-refractivity contribution < 1.29 is 0 Å². The van der Waals surface area contributed by atoms with E-state index in [-0.39, 0.29) is 0 Å². The Balaban J connectivity index is 2.09. The van der Waals surface area contributed by atoms with Gasteiger partial charge in [0, 0.05) is 29.5 Å². The van der Waals surface area contributed by atoms with Gasteiger partial charge in [0.25, 0.3) is 0 Å². The lowest BCUT2D eigenvalue weighted by Gasteiger charge is -2.00. The number of alkyl halides is 1. The van der Waals surface area contributed by atoms with Crippen LogP contribution in [0.3, 0.4) is 0 Å². The Kier molecular flexibility index (Phi) is 3.34. The maximum absolute atomic E-state index is 6.04. The van der Waals surface area contributed by atoms with Gasteiger partial charge < -0.3 is 4.98 Å². The molecule has 0 bridgehead atoms. The van der Waals surface area contributed by atoms with Gasteiger partial charge in [0.2, 0.25) is 0 Å². The van der Waals surface area contributed by atoms with Crippen LogP contribution in [-0.4, -0.2) is 9.97 Å². The van der Waals surface area contributed by atoms with Crippen molar-refractivity contribution in [1.82, 2.24) is 9.97 Å². The minimum Gasteiger partial charge on any atom is -0.354 e. The fourth-order valence-electron chi connectivity index (χ4n) is 2.14. The third-order valence-corrected chi connectivity index (χ3v) is 3.37. The Morgan fingerprint density at radius 2 is 1.79 bits per heavy atom. The van der Waals surface area contributed by atoms with Crippen molar-refractivity contribution in [3.8, 4) is 22.5 Å². The molecule has 2 nitrogen and oxygen atoms in total. The van der Waals surface area contributed by atoms with Gasteiger partial charge in [-0.15, -0.1) is 11.6 Å². The van der Waals surface area contributed by atoms with Crippen molar-refractivity contribution in [2.45, 2.75) is 5.88 Å². The zero-order valence-corrected chi connectivity index (χ0v) is 11.1. The fourth-order valence-corrected chi connectivity index (χ4v) is 2.36. The standard InChI is InChI=1S/C16H13ClN2/c17-10-14-9-15(12-5-2-1-3-6-12)19-16(14)13-7-4-8-18-11-13/h1-9,11,19H,10H2. The minimum absolute atomic E-state index is 0.480. The first-order valence-electron chi connectivity index (χ1n) is 6.12. The third-order valence-electron chi connectivity index (χ3n) is 3.08. The number of hydrogen-bond donors (Lipinski definition) is 1. The summed E-state index contributed by atoms with van der Waals surface area (Å²) in [5.41, 5.74) is 5.43. The maximum atomic E-state index is 6.04. The molecule has 0 saturated heterocycles. The van der Waals surface area contributed by atoms with E-state index in [4.69, 9.17) is 11.6 Å². The number of pyridine rings is 1. The molecule has 19 heavy (non-hydrogen) atoms. The van der Waals surface area contributed by atoms with Crippen LogP contribution in [0.4, 0.5) is 0 Å². The highest BCUT2D eigenvalue weighted by molar-refractivity contribution is 6.17. The lowest BCUT2D eigenvalue weighted by atomic mass is 10.1. The maximum Gasteiger partial charge on any atom is 0.0519 e. The van der Waals surface area contributed by atoms with Crippen LogP contribution in [0.15, 0.2) is 60.9 Å². The van der Waals surface area contributed by atoms with Gasteiger partial charge in [-0.3, -0.25) is 4.98 Å². The van der Waals surface area contributed by atoms with Crippen LogP contribution in [0.5, 0.6) is 0 Å². The molecule has 0 unspecified atom stereocenters. The molecular weight excluding hydrogens is 256 g/mol. The summed E-state index contributed by atoms with van der Waals surface area (Å²) < 4.78 is 0. The third kappa shape index (κ3) is 2.40. The number of nitrogens with zero attached hydrogens (tertiary/aromatic N) is 1. The average Bonchev–Trinajstić information content (AvgIpc) is 2.93. The second-order valence-electron chi connectivity index (χ2n) is 4.32. The Bertz CT molecular complexity index is 660. The molecule has 0 aliphatic rings. The highest BCUT2D eigenvalue weighted by atomic mass is 35.5. The van der Waals surface area contributed by atoms with Crippen LogP contribution in [0.1, 0.15) is 5.56 Å². The van der Waals surface area contributed by atoms with E-state index in [0.717, 1.165) is 28.1 Å². The summed E-state index contributed by atoms with van der Waals surface area (Å²) in [7, 11) is 0. The molecule has 1 aromatic carbocycles. The first-order valence-corrected chi connectivity index (χ1v) is 6.65. The molecule has 2 aromatic heterocycles. The Morgan fingerprint density at radius 1 is 1.00 bits per heavy atom. The number of benzene rings is 1. The predicted molar refractivity (Wildman–Crippen MR) is 79.0 cm³/mol. The lowest BCUT2D eigenvalue weighted by molar-refractivity contribution is 1.29. The van der Waals surface area contributed by atoms with Gasteiger partial charge in [-0.2, -0.15) is 0 Å². The molecule has 0 fully saturated rings. The largest absolute Gasteiger partial charge is 0.354 e. The average molecular weight is 269 g/mol. The highest BCUT2D eigenvalue weighted by Gasteiger charge is 2.10. The Morgan fingerprint density at radius 3 is 2.47 bits per heavy atom. The van der Waals surface area contributed by atoms with Gasteiger partial charge in [0.15, 0.2) is 0 Å². The number of aromatic amines is 1. The minimum atomic E-state index is 0.480. The highest BCUT2D eigenvalue weighted by Crippen LogP contribution is 2.29. The Hall–Kier alpha value is -2.06. The molecular formula is C16H13ClN2. The molecule has 3 rings (SSSR count). The number of nitrogens with one attached hydrogen (secondary N) is 1. The first kappa shape index (κ1) is 12.0. The van der Waals surface area contributed by atoms with E-state index < -0.39 is 0 Å². The van der Waals surface area contributed by atoms with Crippen molar-refractivity contribution in [2.75, 3.05) is 0 Å². The normalized spacial score (nSPS) is 10.6. The quantitative estimate of drug-likeness (QED) is 0.697. The zero-order valence-electron chi connectivity index (χ0n) is 10.3. The number of H-pyrrole nitrogens is 1. The number of hydrogen-bond acceptors (Lipinski definition) is 1. The molecule has 0 atom stereocenters. The van der Waals surface area contributed by atoms with Gasteiger partial charge in [-0.25, -0.2) is 0 Å². The van der Waals surface area contributed by atoms with Crippen LogP contribution in [0, 0.1) is 0 Å². The van der Waals surface area contributed by atoms with Gasteiger partial charge in [0.05, 0.1) is 5.69 Å². The van der Waals surface area contributed by atoms with Crippen LogP contribution < -0.4 is 0 Å². The van der Waals surface area contributed by atoms with Crippen LogP contribution in [-0.2, 0) is 5.88 Å². The summed E-state index contributed by atoms with van der Waals surface area (Å²) in [6.45, 7) is 0. The second-order valence-corrected chi connectivity index (χ2v) is 4.59. The molecule has 0 amide bonds. The van der Waals surface area contributed by atoms with Crippen LogP contribution in [0.25, 0.3) is 22.5 Å². The molecule has 0 saturated carbocycles. The van der Waals surface area contributed by atoms with E-state index in [1.807, 2.05) is 36.5 Å². The van der Waals surface area contributed by atoms with Crippen molar-refractivity contribution >= 4 is 11.6 Å². The van der Waals surface area contributed by atoms with Crippen LogP contribution >= 0.6 is 11.6 Å². The number of halogens is 1. The topological polar surface area (TPSA) is 28.7 Å². The summed E-state index contributed by atoms with van der Waals surface area (Å²) in [4.78, 5) is 7.60. The summed E-state index contributed by atoms with van der Waals surface area (Å²) in [5, 5.41) is 0. The summed E-state index contributed by atoms with van der Waals surface area (Å²) >= 11 is 6.04. The molecule has 3 aromatic rings. The van der Waals surface area contributed by atoms with Gasteiger partial charge in [-0.1, -0.05) is 30.3 Å². The van der Waals surface area contributed by atoms with Gasteiger partial charge in [-0.05, 0) is 29.3 Å². The van der Waals surface area contributed by atoms with E-state index >= 15 is 0 Å². The summed E-state index contributed by atoms with van der Waals surface area (Å²) in [6.07, 6.45) is 3.61. The van der Waals surface area contributed by atoms with Crippen molar-refractivity contribution in [3.05, 3.63) is 66.5 Å². The molecule has 0 aliphatic heterocycles. The van der Waals surface area contributed by atoms with Crippen LogP contribution in [0.2, 0.25) is 0 Å². The van der Waals surface area contributed by atoms with Crippen molar-refractivity contribution in [3.63, 3.8) is 0 Å². The van der Waals surface area contributed by atoms with E-state index in [1.54, 1.807) is 6.20 Å². The summed E-state index contributed by atoms with van der Waals surface area (Å²) in [5.74, 6) is 0.480. The molecule has 3 heteroatoms. The Labute approximate surface area is 117 Å².